The first-order chi connectivity index (χ1) is 20.5. The molecule has 1 aliphatic heterocycles. The molecule has 2 aromatic carbocycles. The number of hydrogen-bond acceptors (Lipinski definition) is 7. The van der Waals surface area contributed by atoms with Gasteiger partial charge in [-0.1, -0.05) is 12.0 Å². The average molecular weight is 607 g/mol. The lowest BCUT2D eigenvalue weighted by Crippen LogP contribution is -2.50. The molecule has 0 saturated carbocycles. The van der Waals surface area contributed by atoms with Gasteiger partial charge in [-0.2, -0.15) is 13.2 Å². The molecule has 232 valence electrons. The molecule has 9 nitrogen and oxygen atoms in total. The first-order valence-corrected chi connectivity index (χ1v) is 13.6. The van der Waals surface area contributed by atoms with Crippen molar-refractivity contribution in [2.24, 2.45) is 0 Å². The lowest BCUT2D eigenvalue weighted by Gasteiger charge is -2.36. The summed E-state index contributed by atoms with van der Waals surface area (Å²) in [4.78, 5) is 13.0. The van der Waals surface area contributed by atoms with Crippen molar-refractivity contribution in [3.63, 3.8) is 0 Å². The van der Waals surface area contributed by atoms with Gasteiger partial charge in [0.2, 0.25) is 0 Å². The zero-order valence-corrected chi connectivity index (χ0v) is 23.7. The number of likely N-dealkylation sites (tertiary alicyclic amines) is 1. The number of fused-ring (bicyclic) bond motifs is 1. The van der Waals surface area contributed by atoms with Crippen molar-refractivity contribution < 1.29 is 42.0 Å². The number of aliphatic hydroxyl groups excluding tert-OH is 1. The highest BCUT2D eigenvalue weighted by Crippen LogP contribution is 2.32. The Morgan fingerprint density at radius 3 is 2.65 bits per heavy atom. The number of aromatic nitrogens is 1. The standard InChI is InChI=1S/C30H34F4N4O5/c1-42-17-21(39)15-37-12-10-25(23(31)16-37)36-24-6-3-7-27-22(24)14-20(38(27)18-30(32,33)34)5-4-11-35-26-9-8-19(29(40)41)13-28(26)43-2/h3,6-9,13-14,21,23,25,35-36,39H,10-12,15-18H2,1-2H3,(H,40,41)/t21-,23-,25+/m1/s1. The number of nitrogens with zero attached hydrogens (tertiary/aromatic N) is 2. The van der Waals surface area contributed by atoms with Gasteiger partial charge in [-0.05, 0) is 48.7 Å². The van der Waals surface area contributed by atoms with E-state index in [0.717, 1.165) is 4.57 Å². The Morgan fingerprint density at radius 1 is 1.19 bits per heavy atom. The van der Waals surface area contributed by atoms with Gasteiger partial charge in [0.05, 0.1) is 54.9 Å². The third-order valence-corrected chi connectivity index (χ3v) is 7.11. The van der Waals surface area contributed by atoms with Crippen molar-refractivity contribution in [3.05, 3.63) is 53.7 Å². The lowest BCUT2D eigenvalue weighted by atomic mass is 10.0. The second kappa shape index (κ2) is 14.0. The highest BCUT2D eigenvalue weighted by Gasteiger charge is 2.32. The summed E-state index contributed by atoms with van der Waals surface area (Å²) in [7, 11) is 2.87. The van der Waals surface area contributed by atoms with E-state index in [9.17, 15) is 23.1 Å². The minimum atomic E-state index is -4.51. The van der Waals surface area contributed by atoms with E-state index in [1.54, 1.807) is 24.3 Å². The SMILES string of the molecule is COC[C@H](O)CN1CC[C@H](Nc2cccc3c2cc(C#CCNc2ccc(C(=O)O)cc2OC)n3CC(F)(F)F)[C@H](F)C1. The zero-order chi connectivity index (χ0) is 31.1. The average Bonchev–Trinajstić information content (AvgIpc) is 3.29. The van der Waals surface area contributed by atoms with Gasteiger partial charge in [-0.3, -0.25) is 4.90 Å². The van der Waals surface area contributed by atoms with Crippen LogP contribution in [0.4, 0.5) is 28.9 Å². The number of carbonyl (C=O) groups is 1. The minimum absolute atomic E-state index is 0.0417. The van der Waals surface area contributed by atoms with E-state index in [0.29, 0.717) is 35.2 Å². The second-order valence-electron chi connectivity index (χ2n) is 10.3. The van der Waals surface area contributed by atoms with E-state index < -0.39 is 37.0 Å². The van der Waals surface area contributed by atoms with Crippen LogP contribution in [0, 0.1) is 11.8 Å². The number of hydrogen-bond donors (Lipinski definition) is 4. The molecule has 13 heteroatoms. The molecule has 2 heterocycles. The first-order valence-electron chi connectivity index (χ1n) is 13.6. The van der Waals surface area contributed by atoms with Crippen LogP contribution in [0.15, 0.2) is 42.5 Å². The molecule has 0 amide bonds. The third kappa shape index (κ3) is 8.31. The Kier molecular flexibility index (Phi) is 10.4. The van der Waals surface area contributed by atoms with Crippen molar-refractivity contribution >= 4 is 28.2 Å². The van der Waals surface area contributed by atoms with Gasteiger partial charge in [0.15, 0.2) is 0 Å². The molecule has 4 N–H and O–H groups in total. The Labute approximate surface area is 246 Å². The Morgan fingerprint density at radius 2 is 1.98 bits per heavy atom. The van der Waals surface area contributed by atoms with Crippen LogP contribution in [0.2, 0.25) is 0 Å². The summed E-state index contributed by atoms with van der Waals surface area (Å²) in [5.74, 6) is 4.81. The van der Waals surface area contributed by atoms with Crippen LogP contribution in [0.5, 0.6) is 5.75 Å². The van der Waals surface area contributed by atoms with E-state index in [4.69, 9.17) is 14.6 Å². The summed E-state index contributed by atoms with van der Waals surface area (Å²) in [6, 6.07) is 10.2. The molecule has 0 bridgehead atoms. The number of β-amino-alcohol motifs (C(OH)–C–C–N with tert-alkyl or cyclic N) is 1. The van der Waals surface area contributed by atoms with Crippen LogP contribution in [-0.2, 0) is 11.3 Å². The van der Waals surface area contributed by atoms with Gasteiger partial charge in [0.1, 0.15) is 18.5 Å². The fourth-order valence-corrected chi connectivity index (χ4v) is 5.15. The van der Waals surface area contributed by atoms with Crippen LogP contribution >= 0.6 is 0 Å². The Balaban J connectivity index is 1.53. The molecule has 3 aromatic rings. The molecule has 0 radical (unpaired) electrons. The maximum Gasteiger partial charge on any atom is 0.406 e. The van der Waals surface area contributed by atoms with Gasteiger partial charge < -0.3 is 34.9 Å². The predicted octanol–water partition coefficient (Wildman–Crippen LogP) is 4.21. The van der Waals surface area contributed by atoms with E-state index >= 15 is 4.39 Å². The van der Waals surface area contributed by atoms with E-state index in [1.165, 1.54) is 32.4 Å². The molecule has 4 rings (SSSR count). The van der Waals surface area contributed by atoms with Gasteiger partial charge >= 0.3 is 12.1 Å². The van der Waals surface area contributed by atoms with Crippen molar-refractivity contribution in [2.75, 3.05) is 57.6 Å². The maximum absolute atomic E-state index is 15.1. The second-order valence-corrected chi connectivity index (χ2v) is 10.3. The number of carboxylic acids is 1. The van der Waals surface area contributed by atoms with Crippen LogP contribution in [0.3, 0.4) is 0 Å². The Hall–Kier alpha value is -3.99. The minimum Gasteiger partial charge on any atom is -0.495 e. The monoisotopic (exact) mass is 606 g/mol. The first kappa shape index (κ1) is 31.9. The molecule has 0 unspecified atom stereocenters. The smallest absolute Gasteiger partial charge is 0.406 e. The number of anilines is 2. The predicted molar refractivity (Wildman–Crippen MR) is 155 cm³/mol. The number of alkyl halides is 4. The molecule has 0 spiro atoms. The number of methoxy groups -OCH3 is 2. The van der Waals surface area contributed by atoms with Crippen LogP contribution in [0.25, 0.3) is 10.9 Å². The van der Waals surface area contributed by atoms with Gasteiger partial charge in [0, 0.05) is 37.8 Å². The van der Waals surface area contributed by atoms with Crippen molar-refractivity contribution in [3.8, 4) is 17.6 Å². The number of carboxylic acid groups (broad SMARTS) is 1. The summed E-state index contributed by atoms with van der Waals surface area (Å²) < 4.78 is 67.1. The highest BCUT2D eigenvalue weighted by molar-refractivity contribution is 5.94. The van der Waals surface area contributed by atoms with E-state index in [1.807, 2.05) is 4.90 Å². The largest absolute Gasteiger partial charge is 0.495 e. The van der Waals surface area contributed by atoms with Crippen LogP contribution in [-0.4, -0.2) is 97.1 Å². The number of benzene rings is 2. The van der Waals surface area contributed by atoms with Crippen LogP contribution < -0.4 is 15.4 Å². The maximum atomic E-state index is 15.1. The highest BCUT2D eigenvalue weighted by atomic mass is 19.4. The molecule has 43 heavy (non-hydrogen) atoms. The number of aliphatic hydroxyl groups is 1. The van der Waals surface area contributed by atoms with Gasteiger partial charge in [-0.25, -0.2) is 9.18 Å². The molecule has 1 aromatic heterocycles. The lowest BCUT2D eigenvalue weighted by molar-refractivity contribution is -0.140. The topological polar surface area (TPSA) is 108 Å². The number of nitrogens with one attached hydrogen (secondary N) is 2. The summed E-state index contributed by atoms with van der Waals surface area (Å²) in [5, 5.41) is 25.8. The fraction of sp³-hybridized carbons (Fsp3) is 0.433. The third-order valence-electron chi connectivity index (χ3n) is 7.11. The van der Waals surface area contributed by atoms with Crippen LogP contribution in [0.1, 0.15) is 22.5 Å². The number of rotatable bonds is 11. The molecule has 3 atom stereocenters. The van der Waals surface area contributed by atoms with Crippen molar-refractivity contribution in [1.29, 1.82) is 0 Å². The van der Waals surface area contributed by atoms with Gasteiger partial charge in [-0.15, -0.1) is 0 Å². The summed E-state index contributed by atoms with van der Waals surface area (Å²) in [6.07, 6.45) is -6.05. The molecule has 0 aliphatic carbocycles. The number of halogens is 4. The quantitative estimate of drug-likeness (QED) is 0.190. The van der Waals surface area contributed by atoms with E-state index in [-0.39, 0.29) is 43.2 Å². The van der Waals surface area contributed by atoms with Gasteiger partial charge in [0.25, 0.3) is 0 Å². The number of ether oxygens (including phenoxy) is 2. The number of aromatic carboxylic acids is 1. The summed E-state index contributed by atoms with van der Waals surface area (Å²) >= 11 is 0. The molecule has 1 saturated heterocycles. The molecule has 1 fully saturated rings. The summed E-state index contributed by atoms with van der Waals surface area (Å²) in [5.41, 5.74) is 1.46. The van der Waals surface area contributed by atoms with Crippen molar-refractivity contribution in [2.45, 2.75) is 37.5 Å². The molecule has 1 aliphatic rings. The molecular weight excluding hydrogens is 572 g/mol. The molecular formula is C30H34F4N4O5. The van der Waals surface area contributed by atoms with E-state index in [2.05, 4.69) is 22.5 Å². The normalized spacial score (nSPS) is 18.1. The number of piperidine rings is 1. The van der Waals surface area contributed by atoms with Crippen molar-refractivity contribution in [1.82, 2.24) is 9.47 Å². The Bertz CT molecular complexity index is 1480. The zero-order valence-electron chi connectivity index (χ0n) is 23.7. The fourth-order valence-electron chi connectivity index (χ4n) is 5.15. The summed E-state index contributed by atoms with van der Waals surface area (Å²) in [6.45, 7) is -0.123.